The average Bonchev–Trinajstić information content (AvgIpc) is 3.13. The van der Waals surface area contributed by atoms with E-state index in [1.165, 1.54) is 18.5 Å². The Kier molecular flexibility index (Phi) is 4.68. The van der Waals surface area contributed by atoms with Gasteiger partial charge in [-0.1, -0.05) is 35.5 Å². The number of aryl methyl sites for hydroxylation is 1. The highest BCUT2D eigenvalue weighted by Crippen LogP contribution is 2.11. The van der Waals surface area contributed by atoms with Crippen LogP contribution in [0.3, 0.4) is 0 Å². The van der Waals surface area contributed by atoms with Crippen LogP contribution in [0.1, 0.15) is 23.4 Å². The molecule has 112 valence electrons. The van der Waals surface area contributed by atoms with Crippen LogP contribution < -0.4 is 5.32 Å². The highest BCUT2D eigenvalue weighted by atomic mass is 16.5. The van der Waals surface area contributed by atoms with Crippen LogP contribution in [0.2, 0.25) is 0 Å². The fourth-order valence-corrected chi connectivity index (χ4v) is 2.88. The molecule has 1 fully saturated rings. The predicted molar refractivity (Wildman–Crippen MR) is 83.1 cm³/mol. The Hall–Kier alpha value is -1.65. The third-order valence-electron chi connectivity index (χ3n) is 4.08. The fraction of sp³-hybridized carbons (Fsp3) is 0.471. The summed E-state index contributed by atoms with van der Waals surface area (Å²) >= 11 is 0. The molecule has 1 atom stereocenters. The second-order valence-electron chi connectivity index (χ2n) is 5.83. The third-order valence-corrected chi connectivity index (χ3v) is 4.08. The van der Waals surface area contributed by atoms with Crippen molar-refractivity contribution in [1.82, 2.24) is 15.4 Å². The van der Waals surface area contributed by atoms with Crippen LogP contribution in [0, 0.1) is 6.92 Å². The van der Waals surface area contributed by atoms with Crippen molar-refractivity contribution < 1.29 is 4.52 Å². The molecule has 0 bridgehead atoms. The Labute approximate surface area is 126 Å². The summed E-state index contributed by atoms with van der Waals surface area (Å²) in [5.41, 5.74) is 2.42. The summed E-state index contributed by atoms with van der Waals surface area (Å²) < 4.78 is 5.09. The molecular weight excluding hydrogens is 262 g/mol. The minimum absolute atomic E-state index is 0.567. The molecule has 4 nitrogen and oxygen atoms in total. The van der Waals surface area contributed by atoms with E-state index in [9.17, 15) is 0 Å². The van der Waals surface area contributed by atoms with E-state index >= 15 is 0 Å². The Morgan fingerprint density at radius 1 is 1.33 bits per heavy atom. The lowest BCUT2D eigenvalue weighted by molar-refractivity contribution is 0.330. The maximum atomic E-state index is 5.09. The molecule has 0 aliphatic carbocycles. The van der Waals surface area contributed by atoms with Gasteiger partial charge in [0.1, 0.15) is 5.76 Å². The van der Waals surface area contributed by atoms with E-state index in [4.69, 9.17) is 4.52 Å². The van der Waals surface area contributed by atoms with Crippen molar-refractivity contribution in [2.75, 3.05) is 19.6 Å². The zero-order valence-electron chi connectivity index (χ0n) is 12.6. The van der Waals surface area contributed by atoms with Crippen LogP contribution in [0.25, 0.3) is 0 Å². The smallest absolute Gasteiger partial charge is 0.133 e. The van der Waals surface area contributed by atoms with Gasteiger partial charge in [-0.15, -0.1) is 0 Å². The van der Waals surface area contributed by atoms with E-state index in [1.807, 2.05) is 13.0 Å². The standard InChI is InChI=1S/C17H23N3O/c1-14-11-17(19-21-14)12-18-16-8-10-20(13-16)9-7-15-5-3-2-4-6-15/h2-6,11,16,18H,7-10,12-13H2,1H3. The molecule has 2 heterocycles. The van der Waals surface area contributed by atoms with Crippen molar-refractivity contribution in [3.8, 4) is 0 Å². The van der Waals surface area contributed by atoms with Crippen molar-refractivity contribution in [1.29, 1.82) is 0 Å². The molecule has 0 saturated carbocycles. The molecule has 1 aliphatic rings. The summed E-state index contributed by atoms with van der Waals surface area (Å²) in [7, 11) is 0. The first-order valence-electron chi connectivity index (χ1n) is 7.71. The third kappa shape index (κ3) is 4.16. The summed E-state index contributed by atoms with van der Waals surface area (Å²) in [6.45, 7) is 6.18. The van der Waals surface area contributed by atoms with Gasteiger partial charge in [-0.2, -0.15) is 0 Å². The summed E-state index contributed by atoms with van der Waals surface area (Å²) in [6, 6.07) is 13.3. The van der Waals surface area contributed by atoms with Gasteiger partial charge in [-0.25, -0.2) is 0 Å². The summed E-state index contributed by atoms with van der Waals surface area (Å²) in [6.07, 6.45) is 2.35. The van der Waals surface area contributed by atoms with Crippen LogP contribution in [0.4, 0.5) is 0 Å². The fourth-order valence-electron chi connectivity index (χ4n) is 2.88. The monoisotopic (exact) mass is 285 g/mol. The first-order chi connectivity index (χ1) is 10.3. The van der Waals surface area contributed by atoms with Crippen molar-refractivity contribution >= 4 is 0 Å². The summed E-state index contributed by atoms with van der Waals surface area (Å²) in [5.74, 6) is 0.878. The van der Waals surface area contributed by atoms with Crippen molar-refractivity contribution in [2.45, 2.75) is 32.4 Å². The van der Waals surface area contributed by atoms with Gasteiger partial charge in [0.25, 0.3) is 0 Å². The molecule has 3 rings (SSSR count). The maximum absolute atomic E-state index is 5.09. The number of nitrogens with one attached hydrogen (secondary N) is 1. The Balaban J connectivity index is 1.39. The van der Waals surface area contributed by atoms with Gasteiger partial charge >= 0.3 is 0 Å². The molecule has 0 amide bonds. The minimum Gasteiger partial charge on any atom is -0.361 e. The van der Waals surface area contributed by atoms with Crippen LogP contribution in [0.15, 0.2) is 40.9 Å². The Bertz CT molecular complexity index is 552. The van der Waals surface area contributed by atoms with Gasteiger partial charge in [-0.05, 0) is 31.9 Å². The molecule has 1 aromatic heterocycles. The Morgan fingerprint density at radius 2 is 2.19 bits per heavy atom. The quantitative estimate of drug-likeness (QED) is 0.885. The van der Waals surface area contributed by atoms with Crippen molar-refractivity contribution in [3.05, 3.63) is 53.4 Å². The van der Waals surface area contributed by atoms with E-state index in [-0.39, 0.29) is 0 Å². The highest BCUT2D eigenvalue weighted by Gasteiger charge is 2.21. The maximum Gasteiger partial charge on any atom is 0.133 e. The SMILES string of the molecule is Cc1cc(CNC2CCN(CCc3ccccc3)C2)no1. The first-order valence-corrected chi connectivity index (χ1v) is 7.71. The highest BCUT2D eigenvalue weighted by molar-refractivity contribution is 5.15. The number of hydrogen-bond donors (Lipinski definition) is 1. The number of benzene rings is 1. The number of aromatic nitrogens is 1. The van der Waals surface area contributed by atoms with Gasteiger partial charge in [0.15, 0.2) is 0 Å². The lowest BCUT2D eigenvalue weighted by atomic mass is 10.1. The van der Waals surface area contributed by atoms with Crippen LogP contribution in [0.5, 0.6) is 0 Å². The largest absolute Gasteiger partial charge is 0.361 e. The van der Waals surface area contributed by atoms with Crippen molar-refractivity contribution in [2.24, 2.45) is 0 Å². The molecule has 1 saturated heterocycles. The molecule has 4 heteroatoms. The molecule has 21 heavy (non-hydrogen) atoms. The van der Waals surface area contributed by atoms with E-state index in [1.54, 1.807) is 0 Å². The van der Waals surface area contributed by atoms with Crippen LogP contribution in [-0.4, -0.2) is 35.7 Å². The molecule has 0 radical (unpaired) electrons. The lowest BCUT2D eigenvalue weighted by Crippen LogP contribution is -2.32. The van der Waals surface area contributed by atoms with Gasteiger partial charge < -0.3 is 14.7 Å². The van der Waals surface area contributed by atoms with Gasteiger partial charge in [0.2, 0.25) is 0 Å². The van der Waals surface area contributed by atoms with E-state index in [0.29, 0.717) is 6.04 Å². The predicted octanol–water partition coefficient (Wildman–Crippen LogP) is 2.39. The second kappa shape index (κ2) is 6.87. The number of rotatable bonds is 6. The molecule has 0 spiro atoms. The normalized spacial score (nSPS) is 19.2. The molecule has 1 aromatic carbocycles. The number of nitrogens with zero attached hydrogens (tertiary/aromatic N) is 2. The van der Waals surface area contributed by atoms with Gasteiger partial charge in [0.05, 0.1) is 5.69 Å². The number of hydrogen-bond acceptors (Lipinski definition) is 4. The number of likely N-dealkylation sites (tertiary alicyclic amines) is 1. The summed E-state index contributed by atoms with van der Waals surface area (Å²) in [4.78, 5) is 2.54. The topological polar surface area (TPSA) is 41.3 Å². The molecule has 1 unspecified atom stereocenters. The van der Waals surface area contributed by atoms with Gasteiger partial charge in [0, 0.05) is 31.7 Å². The zero-order valence-corrected chi connectivity index (χ0v) is 12.6. The van der Waals surface area contributed by atoms with E-state index in [2.05, 4.69) is 45.7 Å². The molecular formula is C17H23N3O. The lowest BCUT2D eigenvalue weighted by Gasteiger charge is -2.16. The Morgan fingerprint density at radius 3 is 2.95 bits per heavy atom. The minimum atomic E-state index is 0.567. The second-order valence-corrected chi connectivity index (χ2v) is 5.83. The zero-order chi connectivity index (χ0) is 14.5. The van der Waals surface area contributed by atoms with Crippen molar-refractivity contribution in [3.63, 3.8) is 0 Å². The van der Waals surface area contributed by atoms with Crippen LogP contribution >= 0.6 is 0 Å². The average molecular weight is 285 g/mol. The molecule has 1 N–H and O–H groups in total. The molecule has 2 aromatic rings. The van der Waals surface area contributed by atoms with Gasteiger partial charge in [-0.3, -0.25) is 0 Å². The van der Waals surface area contributed by atoms with E-state index in [0.717, 1.165) is 37.5 Å². The summed E-state index contributed by atoms with van der Waals surface area (Å²) in [5, 5.41) is 7.60. The van der Waals surface area contributed by atoms with E-state index < -0.39 is 0 Å². The molecule has 1 aliphatic heterocycles. The first kappa shape index (κ1) is 14.3. The van der Waals surface area contributed by atoms with Crippen LogP contribution in [-0.2, 0) is 13.0 Å².